The molecule has 10 heteroatoms. The topological polar surface area (TPSA) is 98.3 Å². The van der Waals surface area contributed by atoms with Gasteiger partial charge in [0.25, 0.3) is 0 Å². The lowest BCUT2D eigenvalue weighted by atomic mass is 9.97. The molecule has 0 bridgehead atoms. The average Bonchev–Trinajstić information content (AvgIpc) is 2.99. The maximum atomic E-state index is 12.7. The molecule has 0 saturated carbocycles. The molecular weight excluding hydrogens is 353 g/mol. The fourth-order valence-corrected chi connectivity index (χ4v) is 2.96. The van der Waals surface area contributed by atoms with E-state index in [-0.39, 0.29) is 29.4 Å². The lowest BCUT2D eigenvalue weighted by molar-refractivity contribution is -0.144. The number of likely N-dealkylation sites (tertiary alicyclic amines) is 1. The zero-order chi connectivity index (χ0) is 18.9. The number of carboxylic acid groups (broad SMARTS) is 1. The number of aliphatic carboxylic acids is 1. The van der Waals surface area contributed by atoms with Crippen LogP contribution in [0.3, 0.4) is 0 Å². The number of aromatic amines is 1. The Labute approximate surface area is 146 Å². The lowest BCUT2D eigenvalue weighted by Gasteiger charge is -2.29. The number of aromatic nitrogens is 2. The molecule has 1 saturated heterocycles. The van der Waals surface area contributed by atoms with Gasteiger partial charge in [-0.1, -0.05) is 0 Å². The number of halogens is 3. The number of alkyl halides is 3. The molecule has 26 heavy (non-hydrogen) atoms. The van der Waals surface area contributed by atoms with E-state index in [1.54, 1.807) is 0 Å². The van der Waals surface area contributed by atoms with Crippen LogP contribution in [0, 0.1) is 5.92 Å². The van der Waals surface area contributed by atoms with E-state index < -0.39 is 18.0 Å². The third-order valence-corrected chi connectivity index (χ3v) is 4.34. The zero-order valence-electron chi connectivity index (χ0n) is 13.6. The highest BCUT2D eigenvalue weighted by molar-refractivity contribution is 5.94. The molecule has 3 N–H and O–H groups in total. The van der Waals surface area contributed by atoms with Gasteiger partial charge < -0.3 is 15.4 Å². The molecule has 0 radical (unpaired) electrons. The number of carbonyl (C=O) groups is 2. The molecule has 0 spiro atoms. The first kappa shape index (κ1) is 18.2. The molecular formula is C16H17F3N4O3. The molecule has 2 aromatic rings. The van der Waals surface area contributed by atoms with Crippen LogP contribution in [-0.2, 0) is 15.8 Å². The molecule has 1 aliphatic heterocycles. The fourth-order valence-electron chi connectivity index (χ4n) is 2.96. The predicted molar refractivity (Wildman–Crippen MR) is 86.5 cm³/mol. The summed E-state index contributed by atoms with van der Waals surface area (Å²) in [6.45, 7) is 1.12. The fraction of sp³-hybridized carbons (Fsp3) is 0.438. The first-order chi connectivity index (χ1) is 12.2. The molecule has 140 valence electrons. The number of H-pyrrole nitrogens is 1. The van der Waals surface area contributed by atoms with Crippen molar-refractivity contribution < 1.29 is 27.9 Å². The average molecular weight is 370 g/mol. The molecule has 3 rings (SSSR count). The van der Waals surface area contributed by atoms with Crippen molar-refractivity contribution in [3.8, 4) is 0 Å². The second-order valence-corrected chi connectivity index (χ2v) is 6.25. The van der Waals surface area contributed by atoms with Crippen molar-refractivity contribution in [2.45, 2.75) is 19.0 Å². The van der Waals surface area contributed by atoms with Crippen LogP contribution in [0.4, 0.5) is 18.9 Å². The second-order valence-electron chi connectivity index (χ2n) is 6.25. The largest absolute Gasteiger partial charge is 0.481 e. The number of fused-ring (bicyclic) bond motifs is 1. The number of carboxylic acids is 1. The molecule has 1 fully saturated rings. The van der Waals surface area contributed by atoms with Crippen LogP contribution >= 0.6 is 0 Å². The van der Waals surface area contributed by atoms with E-state index >= 15 is 0 Å². The van der Waals surface area contributed by atoms with Crippen LogP contribution in [0.2, 0.25) is 0 Å². The van der Waals surface area contributed by atoms with Gasteiger partial charge in [0.1, 0.15) is 0 Å². The van der Waals surface area contributed by atoms with Gasteiger partial charge in [-0.15, -0.1) is 0 Å². The van der Waals surface area contributed by atoms with E-state index in [9.17, 15) is 22.8 Å². The van der Waals surface area contributed by atoms with E-state index in [2.05, 4.69) is 15.3 Å². The van der Waals surface area contributed by atoms with E-state index in [1.807, 2.05) is 4.90 Å². The summed E-state index contributed by atoms with van der Waals surface area (Å²) in [7, 11) is 0. The van der Waals surface area contributed by atoms with Crippen molar-refractivity contribution in [3.05, 3.63) is 24.0 Å². The molecule has 0 aliphatic carbocycles. The van der Waals surface area contributed by atoms with Crippen molar-refractivity contribution in [1.82, 2.24) is 14.9 Å². The summed E-state index contributed by atoms with van der Waals surface area (Å²) in [5.74, 6) is -2.59. The Morgan fingerprint density at radius 3 is 2.62 bits per heavy atom. The number of rotatable bonds is 4. The molecule has 1 aromatic heterocycles. The number of piperidine rings is 1. The van der Waals surface area contributed by atoms with Gasteiger partial charge in [0, 0.05) is 5.69 Å². The van der Waals surface area contributed by atoms with Gasteiger partial charge in [-0.05, 0) is 44.1 Å². The number of hydrogen-bond acceptors (Lipinski definition) is 4. The Morgan fingerprint density at radius 1 is 1.31 bits per heavy atom. The minimum atomic E-state index is -4.56. The third kappa shape index (κ3) is 4.13. The molecule has 7 nitrogen and oxygen atoms in total. The van der Waals surface area contributed by atoms with Crippen LogP contribution in [0.1, 0.15) is 18.7 Å². The molecule has 1 aliphatic rings. The van der Waals surface area contributed by atoms with Crippen molar-refractivity contribution >= 4 is 28.6 Å². The van der Waals surface area contributed by atoms with E-state index in [4.69, 9.17) is 5.11 Å². The Kier molecular flexibility index (Phi) is 4.86. The first-order valence-electron chi connectivity index (χ1n) is 8.04. The number of imidazole rings is 1. The Bertz CT molecular complexity index is 826. The van der Waals surface area contributed by atoms with E-state index in [0.29, 0.717) is 31.6 Å². The lowest BCUT2D eigenvalue weighted by Crippen LogP contribution is -2.40. The zero-order valence-corrected chi connectivity index (χ0v) is 13.6. The standard InChI is InChI=1S/C16H17F3N4O3/c17-16(18,19)15-21-11-2-1-10(7-12(11)22-15)20-13(24)8-23-5-3-9(4-6-23)14(25)26/h1-2,7,9H,3-6,8H2,(H,20,24)(H,21,22)(H,25,26). The Hall–Kier alpha value is -2.62. The quantitative estimate of drug-likeness (QED) is 0.767. The van der Waals surface area contributed by atoms with Gasteiger partial charge in [0.05, 0.1) is 23.5 Å². The minimum absolute atomic E-state index is 0.0984. The van der Waals surface area contributed by atoms with Gasteiger partial charge in [0.2, 0.25) is 11.7 Å². The summed E-state index contributed by atoms with van der Waals surface area (Å²) in [6.07, 6.45) is -3.59. The summed E-state index contributed by atoms with van der Waals surface area (Å²) in [5.41, 5.74) is 0.698. The van der Waals surface area contributed by atoms with Crippen LogP contribution in [0.5, 0.6) is 0 Å². The second kappa shape index (κ2) is 6.94. The summed E-state index contributed by atoms with van der Waals surface area (Å²) in [4.78, 5) is 30.6. The maximum Gasteiger partial charge on any atom is 0.449 e. The van der Waals surface area contributed by atoms with Crippen molar-refractivity contribution in [3.63, 3.8) is 0 Å². The number of nitrogens with one attached hydrogen (secondary N) is 2. The van der Waals surface area contributed by atoms with Crippen molar-refractivity contribution in [1.29, 1.82) is 0 Å². The van der Waals surface area contributed by atoms with E-state index in [0.717, 1.165) is 0 Å². The molecule has 1 aromatic carbocycles. The number of hydrogen-bond donors (Lipinski definition) is 3. The third-order valence-electron chi connectivity index (χ3n) is 4.34. The SMILES string of the molecule is O=C(CN1CCC(C(=O)O)CC1)Nc1ccc2nc(C(F)(F)F)[nH]c2c1. The summed E-state index contributed by atoms with van der Waals surface area (Å²) in [5, 5.41) is 11.6. The first-order valence-corrected chi connectivity index (χ1v) is 8.04. The van der Waals surface area contributed by atoms with E-state index in [1.165, 1.54) is 18.2 Å². The maximum absolute atomic E-state index is 12.7. The Balaban J connectivity index is 1.60. The number of nitrogens with zero attached hydrogens (tertiary/aromatic N) is 2. The smallest absolute Gasteiger partial charge is 0.449 e. The van der Waals surface area contributed by atoms with Crippen LogP contribution in [0.15, 0.2) is 18.2 Å². The highest BCUT2D eigenvalue weighted by atomic mass is 19.4. The molecule has 0 atom stereocenters. The predicted octanol–water partition coefficient (Wildman–Crippen LogP) is 2.32. The summed E-state index contributed by atoms with van der Waals surface area (Å²) < 4.78 is 38.0. The molecule has 0 unspecified atom stereocenters. The van der Waals surface area contributed by atoms with Gasteiger partial charge in [-0.3, -0.25) is 14.5 Å². The highest BCUT2D eigenvalue weighted by Gasteiger charge is 2.34. The van der Waals surface area contributed by atoms with Gasteiger partial charge in [-0.2, -0.15) is 13.2 Å². The molecule has 1 amide bonds. The normalized spacial score (nSPS) is 16.7. The van der Waals surface area contributed by atoms with Crippen molar-refractivity contribution in [2.24, 2.45) is 5.92 Å². The van der Waals surface area contributed by atoms with Crippen LogP contribution in [0.25, 0.3) is 11.0 Å². The van der Waals surface area contributed by atoms with Crippen LogP contribution in [-0.4, -0.2) is 51.5 Å². The van der Waals surface area contributed by atoms with Crippen molar-refractivity contribution in [2.75, 3.05) is 25.0 Å². The highest BCUT2D eigenvalue weighted by Crippen LogP contribution is 2.29. The Morgan fingerprint density at radius 2 is 2.00 bits per heavy atom. The summed E-state index contributed by atoms with van der Waals surface area (Å²) >= 11 is 0. The minimum Gasteiger partial charge on any atom is -0.481 e. The van der Waals surface area contributed by atoms with Crippen LogP contribution < -0.4 is 5.32 Å². The van der Waals surface area contributed by atoms with Gasteiger partial charge in [0.15, 0.2) is 0 Å². The summed E-state index contributed by atoms with van der Waals surface area (Å²) in [6, 6.07) is 4.28. The number of carbonyl (C=O) groups excluding carboxylic acids is 1. The van der Waals surface area contributed by atoms with Gasteiger partial charge in [-0.25, -0.2) is 4.98 Å². The number of anilines is 1. The number of amides is 1. The molecule has 2 heterocycles. The number of benzene rings is 1. The van der Waals surface area contributed by atoms with Gasteiger partial charge >= 0.3 is 12.1 Å². The monoisotopic (exact) mass is 370 g/mol.